The molecule has 1 aromatic carbocycles. The predicted molar refractivity (Wildman–Crippen MR) is 110 cm³/mol. The summed E-state index contributed by atoms with van der Waals surface area (Å²) < 4.78 is 75.5. The molecule has 3 heterocycles. The minimum Gasteiger partial charge on any atom is -0.503 e. The van der Waals surface area contributed by atoms with Gasteiger partial charge < -0.3 is 24.6 Å². The van der Waals surface area contributed by atoms with Gasteiger partial charge in [0, 0.05) is 23.9 Å². The molecule has 36 heavy (non-hydrogen) atoms. The average molecular weight is 511 g/mol. The van der Waals surface area contributed by atoms with E-state index in [0.29, 0.717) is 30.4 Å². The van der Waals surface area contributed by atoms with E-state index in [1.165, 1.54) is 4.90 Å². The molecule has 8 nitrogen and oxygen atoms in total. The number of halogens is 5. The van der Waals surface area contributed by atoms with E-state index in [1.807, 2.05) is 0 Å². The van der Waals surface area contributed by atoms with E-state index >= 15 is 0 Å². The Hall–Kier alpha value is -3.48. The smallest absolute Gasteiger partial charge is 0.412 e. The van der Waals surface area contributed by atoms with Crippen molar-refractivity contribution in [3.8, 4) is 5.75 Å². The molecule has 2 aliphatic heterocycles. The lowest BCUT2D eigenvalue weighted by Gasteiger charge is -2.45. The molecule has 2 N–H and O–H groups in total. The lowest BCUT2D eigenvalue weighted by Crippen LogP contribution is -2.58. The molecule has 2 unspecified atom stereocenters. The third-order valence-electron chi connectivity index (χ3n) is 7.50. The van der Waals surface area contributed by atoms with E-state index < -0.39 is 64.2 Å². The van der Waals surface area contributed by atoms with E-state index in [-0.39, 0.29) is 30.5 Å². The maximum absolute atomic E-state index is 14.1. The van der Waals surface area contributed by atoms with Crippen molar-refractivity contribution in [1.29, 1.82) is 0 Å². The van der Waals surface area contributed by atoms with Gasteiger partial charge in [-0.1, -0.05) is 6.07 Å². The lowest BCUT2D eigenvalue weighted by molar-refractivity contribution is -0.155. The topological polar surface area (TPSA) is 101 Å². The Labute approximate surface area is 199 Å². The molecular formula is C23H18F5N3O5. The Bertz CT molecular complexity index is 1380. The standard InChI is InChI=1S/C23H18F5N3O5/c24-8-1-2-9(13(25)3-8)20(23(26,27)28)29-21(34)12-6-30-7-16-31(22(35)17(30)19(33)18(12)32)14-5-15(36-16)11-4-10(11)14/h1-3,6,10-11,14-16,20,33H,4-5,7H2,(H,29,34)/t10-,11+,14?,15?,16-,20-/m0/s1. The molecule has 2 aliphatic carbocycles. The molecule has 13 heteroatoms. The van der Waals surface area contributed by atoms with Gasteiger partial charge in [0.05, 0.1) is 12.6 Å². The van der Waals surface area contributed by atoms with Crippen LogP contribution in [0.1, 0.15) is 45.3 Å². The van der Waals surface area contributed by atoms with Crippen LogP contribution in [-0.2, 0) is 11.3 Å². The largest absolute Gasteiger partial charge is 0.503 e. The summed E-state index contributed by atoms with van der Waals surface area (Å²) in [6.07, 6.45) is -3.47. The van der Waals surface area contributed by atoms with Gasteiger partial charge in [-0.15, -0.1) is 0 Å². The molecule has 4 aliphatic rings. The molecular weight excluding hydrogens is 493 g/mol. The second-order valence-corrected chi connectivity index (χ2v) is 9.54. The summed E-state index contributed by atoms with van der Waals surface area (Å²) in [4.78, 5) is 40.3. The number of pyridine rings is 1. The molecule has 3 fully saturated rings. The van der Waals surface area contributed by atoms with E-state index in [2.05, 4.69) is 0 Å². The Balaban J connectivity index is 1.35. The van der Waals surface area contributed by atoms with E-state index in [0.717, 1.165) is 17.2 Å². The summed E-state index contributed by atoms with van der Waals surface area (Å²) in [5.41, 5.74) is -3.67. The predicted octanol–water partition coefficient (Wildman–Crippen LogP) is 2.45. The number of ether oxygens (including phenoxy) is 1. The number of nitrogens with zero attached hydrogens (tertiary/aromatic N) is 2. The summed E-state index contributed by atoms with van der Waals surface area (Å²) in [6, 6.07) is -1.63. The highest BCUT2D eigenvalue weighted by atomic mass is 19.4. The van der Waals surface area contributed by atoms with Crippen LogP contribution in [-0.4, -0.2) is 50.9 Å². The molecule has 1 aromatic heterocycles. The van der Waals surface area contributed by atoms with Gasteiger partial charge in [-0.3, -0.25) is 14.4 Å². The SMILES string of the molecule is O=C(N[C@@H](c1ccc(F)cc1F)C(F)(F)F)c1cn2c(c(O)c1=O)C(=O)N1C3CC(O[C@H]1C2)[C@@H]1C[C@H]31. The first-order chi connectivity index (χ1) is 17.0. The molecule has 2 aromatic rings. The van der Waals surface area contributed by atoms with Crippen molar-refractivity contribution in [1.82, 2.24) is 14.8 Å². The van der Waals surface area contributed by atoms with Crippen LogP contribution in [0, 0.1) is 23.5 Å². The van der Waals surface area contributed by atoms with Crippen LogP contribution in [0.3, 0.4) is 0 Å². The number of hydrogen-bond acceptors (Lipinski definition) is 5. The fraction of sp³-hybridized carbons (Fsp3) is 0.435. The number of rotatable bonds is 3. The Morgan fingerprint density at radius 2 is 1.92 bits per heavy atom. The molecule has 6 rings (SSSR count). The third kappa shape index (κ3) is 3.32. The van der Waals surface area contributed by atoms with Crippen LogP contribution in [0.15, 0.2) is 29.2 Å². The first kappa shape index (κ1) is 23.0. The number of alkyl halides is 3. The zero-order chi connectivity index (χ0) is 25.7. The normalized spacial score (nSPS) is 28.8. The average Bonchev–Trinajstić information content (AvgIpc) is 3.54. The molecule has 2 saturated carbocycles. The van der Waals surface area contributed by atoms with E-state index in [1.54, 1.807) is 5.32 Å². The van der Waals surface area contributed by atoms with Gasteiger partial charge in [0.1, 0.15) is 17.2 Å². The Morgan fingerprint density at radius 1 is 1.17 bits per heavy atom. The molecule has 1 saturated heterocycles. The van der Waals surface area contributed by atoms with Crippen LogP contribution in [0.2, 0.25) is 0 Å². The maximum atomic E-state index is 14.1. The second-order valence-electron chi connectivity index (χ2n) is 9.54. The number of hydrogen-bond donors (Lipinski definition) is 2. The molecule has 0 spiro atoms. The second kappa shape index (κ2) is 7.51. The Kier molecular flexibility index (Phi) is 4.79. The van der Waals surface area contributed by atoms with Gasteiger partial charge >= 0.3 is 6.18 Å². The van der Waals surface area contributed by atoms with Crippen molar-refractivity contribution < 1.29 is 41.4 Å². The number of carbonyl (C=O) groups is 2. The monoisotopic (exact) mass is 511 g/mol. The van der Waals surface area contributed by atoms with Gasteiger partial charge in [0.15, 0.2) is 23.7 Å². The number of nitrogens with one attached hydrogen (secondary N) is 1. The minimum atomic E-state index is -5.20. The van der Waals surface area contributed by atoms with Crippen LogP contribution in [0.25, 0.3) is 0 Å². The molecule has 190 valence electrons. The fourth-order valence-electron chi connectivity index (χ4n) is 5.81. The highest BCUT2D eigenvalue weighted by Crippen LogP contribution is 2.58. The van der Waals surface area contributed by atoms with Crippen LogP contribution >= 0.6 is 0 Å². The van der Waals surface area contributed by atoms with Crippen molar-refractivity contribution in [2.45, 2.75) is 50.0 Å². The first-order valence-corrected chi connectivity index (χ1v) is 11.2. The van der Waals surface area contributed by atoms with Gasteiger partial charge in [0.25, 0.3) is 11.8 Å². The summed E-state index contributed by atoms with van der Waals surface area (Å²) in [6.45, 7) is -0.0447. The number of aromatic nitrogens is 1. The maximum Gasteiger partial charge on any atom is 0.412 e. The van der Waals surface area contributed by atoms with Crippen LogP contribution in [0.5, 0.6) is 5.75 Å². The lowest BCUT2D eigenvalue weighted by atomic mass is 10.0. The molecule has 6 atom stereocenters. The van der Waals surface area contributed by atoms with Gasteiger partial charge in [-0.05, 0) is 30.7 Å². The summed E-state index contributed by atoms with van der Waals surface area (Å²) >= 11 is 0. The van der Waals surface area contributed by atoms with Crippen molar-refractivity contribution in [3.63, 3.8) is 0 Å². The highest BCUT2D eigenvalue weighted by molar-refractivity contribution is 5.99. The Morgan fingerprint density at radius 3 is 2.61 bits per heavy atom. The summed E-state index contributed by atoms with van der Waals surface area (Å²) in [5.74, 6) is -5.32. The summed E-state index contributed by atoms with van der Waals surface area (Å²) in [5, 5.41) is 12.1. The quantitative estimate of drug-likeness (QED) is 0.617. The van der Waals surface area contributed by atoms with Gasteiger partial charge in [-0.25, -0.2) is 8.78 Å². The minimum absolute atomic E-state index is 0.0236. The van der Waals surface area contributed by atoms with E-state index in [4.69, 9.17) is 4.74 Å². The van der Waals surface area contributed by atoms with Gasteiger partial charge in [0.2, 0.25) is 5.43 Å². The summed E-state index contributed by atoms with van der Waals surface area (Å²) in [7, 11) is 0. The van der Waals surface area contributed by atoms with E-state index in [9.17, 15) is 41.4 Å². The first-order valence-electron chi connectivity index (χ1n) is 11.2. The molecule has 2 bridgehead atoms. The van der Waals surface area contributed by atoms with Crippen molar-refractivity contribution in [2.24, 2.45) is 11.8 Å². The zero-order valence-corrected chi connectivity index (χ0v) is 18.3. The van der Waals surface area contributed by atoms with Crippen molar-refractivity contribution in [3.05, 3.63) is 63.1 Å². The van der Waals surface area contributed by atoms with Crippen LogP contribution < -0.4 is 10.7 Å². The number of amides is 2. The van der Waals surface area contributed by atoms with Crippen molar-refractivity contribution in [2.75, 3.05) is 0 Å². The molecule has 0 radical (unpaired) electrons. The molecule has 2 amide bonds. The van der Waals surface area contributed by atoms with Crippen LogP contribution in [0.4, 0.5) is 22.0 Å². The van der Waals surface area contributed by atoms with Gasteiger partial charge in [-0.2, -0.15) is 13.2 Å². The van der Waals surface area contributed by atoms with Crippen molar-refractivity contribution >= 4 is 11.8 Å². The number of fused-ring (bicyclic) bond motifs is 8. The zero-order valence-electron chi connectivity index (χ0n) is 18.3. The number of benzene rings is 1. The third-order valence-corrected chi connectivity index (χ3v) is 7.50. The highest BCUT2D eigenvalue weighted by Gasteiger charge is 2.63. The number of aromatic hydroxyl groups is 1. The fourth-order valence-corrected chi connectivity index (χ4v) is 5.81. The number of carbonyl (C=O) groups excluding carboxylic acids is 2.